The first kappa shape index (κ1) is 17.4. The maximum absolute atomic E-state index is 5.60. The van der Waals surface area contributed by atoms with E-state index in [0.29, 0.717) is 5.88 Å². The van der Waals surface area contributed by atoms with Gasteiger partial charge in [-0.25, -0.2) is 4.98 Å². The number of rotatable bonds is 12. The van der Waals surface area contributed by atoms with Crippen molar-refractivity contribution in [2.75, 3.05) is 19.8 Å². The zero-order valence-corrected chi connectivity index (χ0v) is 14.0. The van der Waals surface area contributed by atoms with Gasteiger partial charge in [0, 0.05) is 29.9 Å². The largest absolute Gasteiger partial charge is 0.478 e. The Hall–Kier alpha value is -0.610. The molecule has 0 aliphatic heterocycles. The van der Waals surface area contributed by atoms with Gasteiger partial charge in [-0.1, -0.05) is 26.2 Å². The monoisotopic (exact) mass is 343 g/mol. The van der Waals surface area contributed by atoms with E-state index in [0.717, 1.165) is 43.6 Å². The highest BCUT2D eigenvalue weighted by Gasteiger charge is 1.96. The van der Waals surface area contributed by atoms with Gasteiger partial charge in [-0.3, -0.25) is 0 Å². The summed E-state index contributed by atoms with van der Waals surface area (Å²) < 4.78 is 12.1. The topological polar surface area (TPSA) is 31.4 Å². The maximum Gasteiger partial charge on any atom is 0.213 e. The summed E-state index contributed by atoms with van der Waals surface area (Å²) in [6.07, 6.45) is 10.2. The Morgan fingerprint density at radius 2 is 1.65 bits per heavy atom. The molecule has 0 fully saturated rings. The average molecular weight is 344 g/mol. The van der Waals surface area contributed by atoms with Crippen LogP contribution in [-0.2, 0) is 4.74 Å². The summed E-state index contributed by atoms with van der Waals surface area (Å²) >= 11 is 3.35. The Bertz CT molecular complexity index is 330. The van der Waals surface area contributed by atoms with Crippen LogP contribution < -0.4 is 4.74 Å². The molecule has 1 aromatic rings. The van der Waals surface area contributed by atoms with Crippen LogP contribution in [-0.4, -0.2) is 24.8 Å². The first-order valence-corrected chi connectivity index (χ1v) is 8.44. The van der Waals surface area contributed by atoms with Crippen molar-refractivity contribution in [1.29, 1.82) is 0 Å². The van der Waals surface area contributed by atoms with Crippen molar-refractivity contribution >= 4 is 15.9 Å². The van der Waals surface area contributed by atoms with E-state index in [1.807, 2.05) is 12.1 Å². The molecule has 0 saturated heterocycles. The van der Waals surface area contributed by atoms with Crippen LogP contribution in [0.15, 0.2) is 22.8 Å². The Balaban J connectivity index is 1.84. The third-order valence-electron chi connectivity index (χ3n) is 3.03. The Kier molecular flexibility index (Phi) is 10.6. The van der Waals surface area contributed by atoms with Gasteiger partial charge in [0.05, 0.1) is 6.61 Å². The Morgan fingerprint density at radius 3 is 2.30 bits per heavy atom. The van der Waals surface area contributed by atoms with Gasteiger partial charge in [0.15, 0.2) is 0 Å². The fourth-order valence-electron chi connectivity index (χ4n) is 1.84. The second-order valence-corrected chi connectivity index (χ2v) is 5.81. The number of unbranched alkanes of at least 4 members (excludes halogenated alkanes) is 5. The zero-order chi connectivity index (χ0) is 14.5. The first-order valence-electron chi connectivity index (χ1n) is 7.65. The van der Waals surface area contributed by atoms with E-state index in [1.54, 1.807) is 6.20 Å². The van der Waals surface area contributed by atoms with Gasteiger partial charge in [0.25, 0.3) is 0 Å². The summed E-state index contributed by atoms with van der Waals surface area (Å²) in [5.74, 6) is 0.695. The SMILES string of the molecule is CCCCCCOCCCCCOc1ccc(Br)cn1. The molecule has 0 atom stereocenters. The molecular formula is C16H26BrNO2. The fourth-order valence-corrected chi connectivity index (χ4v) is 2.07. The fraction of sp³-hybridized carbons (Fsp3) is 0.688. The number of hydrogen-bond acceptors (Lipinski definition) is 3. The molecule has 1 heterocycles. The number of halogens is 1. The van der Waals surface area contributed by atoms with Crippen LogP contribution in [0, 0.1) is 0 Å². The summed E-state index contributed by atoms with van der Waals surface area (Å²) in [6, 6.07) is 3.82. The molecule has 1 rings (SSSR count). The lowest BCUT2D eigenvalue weighted by Crippen LogP contribution is -2.01. The van der Waals surface area contributed by atoms with Gasteiger partial charge >= 0.3 is 0 Å². The molecule has 0 spiro atoms. The van der Waals surface area contributed by atoms with E-state index in [-0.39, 0.29) is 0 Å². The number of ether oxygens (including phenoxy) is 2. The predicted octanol–water partition coefficient (Wildman–Crippen LogP) is 4.99. The lowest BCUT2D eigenvalue weighted by atomic mass is 10.2. The van der Waals surface area contributed by atoms with Crippen molar-refractivity contribution < 1.29 is 9.47 Å². The lowest BCUT2D eigenvalue weighted by molar-refractivity contribution is 0.124. The summed E-state index contributed by atoms with van der Waals surface area (Å²) in [5, 5.41) is 0. The smallest absolute Gasteiger partial charge is 0.213 e. The zero-order valence-electron chi connectivity index (χ0n) is 12.4. The van der Waals surface area contributed by atoms with Crippen LogP contribution in [0.25, 0.3) is 0 Å². The van der Waals surface area contributed by atoms with Crippen molar-refractivity contribution in [1.82, 2.24) is 4.98 Å². The van der Waals surface area contributed by atoms with Crippen LogP contribution >= 0.6 is 15.9 Å². The molecule has 114 valence electrons. The summed E-state index contributed by atoms with van der Waals surface area (Å²) in [6.45, 7) is 4.75. The highest BCUT2D eigenvalue weighted by molar-refractivity contribution is 9.10. The van der Waals surface area contributed by atoms with Crippen LogP contribution in [0.3, 0.4) is 0 Å². The van der Waals surface area contributed by atoms with E-state index in [4.69, 9.17) is 9.47 Å². The molecule has 0 bridgehead atoms. The van der Waals surface area contributed by atoms with Gasteiger partial charge in [0.2, 0.25) is 5.88 Å². The Labute approximate surface area is 131 Å². The second-order valence-electron chi connectivity index (χ2n) is 4.90. The van der Waals surface area contributed by atoms with Crippen molar-refractivity contribution in [3.63, 3.8) is 0 Å². The molecule has 0 unspecified atom stereocenters. The summed E-state index contributed by atoms with van der Waals surface area (Å²) in [7, 11) is 0. The maximum atomic E-state index is 5.60. The summed E-state index contributed by atoms with van der Waals surface area (Å²) in [5.41, 5.74) is 0. The molecule has 0 aliphatic rings. The molecule has 0 aliphatic carbocycles. The van der Waals surface area contributed by atoms with Crippen LogP contribution in [0.2, 0.25) is 0 Å². The van der Waals surface area contributed by atoms with E-state index in [1.165, 1.54) is 25.7 Å². The molecule has 0 N–H and O–H groups in total. The van der Waals surface area contributed by atoms with E-state index >= 15 is 0 Å². The second kappa shape index (κ2) is 12.2. The van der Waals surface area contributed by atoms with Gasteiger partial charge in [-0.2, -0.15) is 0 Å². The van der Waals surface area contributed by atoms with Gasteiger partial charge in [-0.15, -0.1) is 0 Å². The molecule has 3 nitrogen and oxygen atoms in total. The molecule has 0 radical (unpaired) electrons. The third-order valence-corrected chi connectivity index (χ3v) is 3.49. The molecule has 4 heteroatoms. The van der Waals surface area contributed by atoms with Gasteiger partial charge in [0.1, 0.15) is 0 Å². The number of aromatic nitrogens is 1. The molecule has 0 aromatic carbocycles. The van der Waals surface area contributed by atoms with Crippen LogP contribution in [0.5, 0.6) is 5.88 Å². The van der Waals surface area contributed by atoms with E-state index in [9.17, 15) is 0 Å². The predicted molar refractivity (Wildman–Crippen MR) is 86.2 cm³/mol. The minimum atomic E-state index is 0.695. The highest BCUT2D eigenvalue weighted by atomic mass is 79.9. The van der Waals surface area contributed by atoms with Gasteiger partial charge in [-0.05, 0) is 47.7 Å². The number of nitrogens with zero attached hydrogens (tertiary/aromatic N) is 1. The standard InChI is InChI=1S/C16H26BrNO2/c1-2-3-4-6-11-19-12-7-5-8-13-20-16-10-9-15(17)14-18-16/h9-10,14H,2-8,11-13H2,1H3. The van der Waals surface area contributed by atoms with Crippen LogP contribution in [0.4, 0.5) is 0 Å². The quantitative estimate of drug-likeness (QED) is 0.501. The minimum absolute atomic E-state index is 0.695. The minimum Gasteiger partial charge on any atom is -0.478 e. The highest BCUT2D eigenvalue weighted by Crippen LogP contribution is 2.12. The average Bonchev–Trinajstić information content (AvgIpc) is 2.47. The first-order chi connectivity index (χ1) is 9.83. The lowest BCUT2D eigenvalue weighted by Gasteiger charge is -2.06. The molecule has 20 heavy (non-hydrogen) atoms. The van der Waals surface area contributed by atoms with Crippen molar-refractivity contribution in [3.05, 3.63) is 22.8 Å². The molecule has 0 amide bonds. The van der Waals surface area contributed by atoms with Crippen molar-refractivity contribution in [2.24, 2.45) is 0 Å². The Morgan fingerprint density at radius 1 is 0.950 bits per heavy atom. The normalized spacial score (nSPS) is 10.7. The number of pyridine rings is 1. The molecular weight excluding hydrogens is 318 g/mol. The molecule has 1 aromatic heterocycles. The summed E-state index contributed by atoms with van der Waals surface area (Å²) in [4.78, 5) is 4.17. The van der Waals surface area contributed by atoms with Gasteiger partial charge < -0.3 is 9.47 Å². The van der Waals surface area contributed by atoms with E-state index < -0.39 is 0 Å². The van der Waals surface area contributed by atoms with Crippen LogP contribution in [0.1, 0.15) is 51.9 Å². The molecule has 0 saturated carbocycles. The van der Waals surface area contributed by atoms with Crippen molar-refractivity contribution in [2.45, 2.75) is 51.9 Å². The third kappa shape index (κ3) is 9.32. The van der Waals surface area contributed by atoms with E-state index in [2.05, 4.69) is 27.8 Å². The number of hydrogen-bond donors (Lipinski definition) is 0. The van der Waals surface area contributed by atoms with Crippen molar-refractivity contribution in [3.8, 4) is 5.88 Å².